The van der Waals surface area contributed by atoms with Crippen molar-refractivity contribution < 1.29 is 14.3 Å². The molecule has 0 saturated carbocycles. The summed E-state index contributed by atoms with van der Waals surface area (Å²) in [5.41, 5.74) is 1.36. The molecule has 5 heteroatoms. The van der Waals surface area contributed by atoms with Gasteiger partial charge in [0.15, 0.2) is 11.5 Å². The van der Waals surface area contributed by atoms with Crippen LogP contribution in [0.15, 0.2) is 30.5 Å². The normalized spacial score (nSPS) is 10.1. The Bertz CT molecular complexity index is 549. The highest BCUT2D eigenvalue weighted by Gasteiger charge is 2.06. The lowest BCUT2D eigenvalue weighted by Gasteiger charge is -2.09. The predicted octanol–water partition coefficient (Wildman–Crippen LogP) is 1.82. The molecule has 1 aromatic carbocycles. The fourth-order valence-electron chi connectivity index (χ4n) is 1.57. The highest BCUT2D eigenvalue weighted by atomic mass is 16.5. The first kappa shape index (κ1) is 12.2. The van der Waals surface area contributed by atoms with Crippen LogP contribution in [0.2, 0.25) is 0 Å². The second-order valence-corrected chi connectivity index (χ2v) is 3.80. The first-order valence-electron chi connectivity index (χ1n) is 5.47. The maximum atomic E-state index is 10.7. The van der Waals surface area contributed by atoms with Gasteiger partial charge in [-0.2, -0.15) is 5.10 Å². The lowest BCUT2D eigenvalue weighted by Crippen LogP contribution is -2.00. The first-order chi connectivity index (χ1) is 8.72. The molecule has 2 rings (SSSR count). The monoisotopic (exact) mass is 246 g/mol. The summed E-state index contributed by atoms with van der Waals surface area (Å²) in [4.78, 5) is 10.7. The van der Waals surface area contributed by atoms with Gasteiger partial charge in [-0.3, -0.25) is 9.48 Å². The minimum absolute atomic E-state index is 0.333. The second-order valence-electron chi connectivity index (χ2n) is 3.80. The molecule has 0 bridgehead atoms. The number of carbonyl (C=O) groups is 1. The molecule has 0 unspecified atom stereocenters. The fourth-order valence-corrected chi connectivity index (χ4v) is 1.57. The highest BCUT2D eigenvalue weighted by Crippen LogP contribution is 2.28. The number of carbonyl (C=O) groups excluding carboxylic acids is 1. The number of aromatic nitrogens is 2. The topological polar surface area (TPSA) is 53.4 Å². The van der Waals surface area contributed by atoms with Gasteiger partial charge < -0.3 is 9.47 Å². The summed E-state index contributed by atoms with van der Waals surface area (Å²) in [6.07, 6.45) is 2.62. The van der Waals surface area contributed by atoms with Crippen LogP contribution in [0.3, 0.4) is 0 Å². The van der Waals surface area contributed by atoms with Gasteiger partial charge in [-0.15, -0.1) is 0 Å². The summed E-state index contributed by atoms with van der Waals surface area (Å²) in [5.74, 6) is 1.13. The van der Waals surface area contributed by atoms with E-state index in [1.165, 1.54) is 0 Å². The molecule has 0 saturated heterocycles. The Hall–Kier alpha value is -2.30. The number of methoxy groups -OCH3 is 1. The zero-order valence-corrected chi connectivity index (χ0v) is 10.3. The Balaban J connectivity index is 2.14. The second kappa shape index (κ2) is 5.35. The summed E-state index contributed by atoms with van der Waals surface area (Å²) in [5, 5.41) is 4.21. The van der Waals surface area contributed by atoms with E-state index >= 15 is 0 Å². The Morgan fingerprint density at radius 2 is 2.17 bits per heavy atom. The van der Waals surface area contributed by atoms with Gasteiger partial charge in [-0.1, -0.05) is 0 Å². The average molecular weight is 246 g/mol. The van der Waals surface area contributed by atoms with E-state index in [2.05, 4.69) is 5.10 Å². The van der Waals surface area contributed by atoms with Gasteiger partial charge in [0.1, 0.15) is 12.9 Å². The third-order valence-corrected chi connectivity index (χ3v) is 2.47. The number of ether oxygens (including phenoxy) is 2. The lowest BCUT2D eigenvalue weighted by atomic mass is 10.2. The van der Waals surface area contributed by atoms with E-state index < -0.39 is 0 Å². The van der Waals surface area contributed by atoms with Crippen molar-refractivity contribution in [1.29, 1.82) is 0 Å². The van der Waals surface area contributed by atoms with E-state index in [9.17, 15) is 4.79 Å². The minimum atomic E-state index is 0.333. The van der Waals surface area contributed by atoms with E-state index in [1.807, 2.05) is 19.3 Å². The van der Waals surface area contributed by atoms with Gasteiger partial charge in [-0.05, 0) is 24.3 Å². The molecule has 1 heterocycles. The maximum Gasteiger partial charge on any atom is 0.162 e. The molecule has 0 spiro atoms. The standard InChI is InChI=1S/C13H14N2O3/c1-15-6-5-11(14-15)9-18-13-7-10(8-16)3-4-12(13)17-2/h3-8H,9H2,1-2H3. The van der Waals surface area contributed by atoms with Crippen molar-refractivity contribution in [2.24, 2.45) is 7.05 Å². The van der Waals surface area contributed by atoms with Crippen LogP contribution in [-0.4, -0.2) is 23.2 Å². The summed E-state index contributed by atoms with van der Waals surface area (Å²) in [7, 11) is 3.40. The van der Waals surface area contributed by atoms with E-state index in [1.54, 1.807) is 30.0 Å². The number of aryl methyl sites for hydroxylation is 1. The number of rotatable bonds is 5. The number of hydrogen-bond acceptors (Lipinski definition) is 4. The van der Waals surface area contributed by atoms with Crippen LogP contribution in [0.25, 0.3) is 0 Å². The lowest BCUT2D eigenvalue weighted by molar-refractivity contribution is 0.112. The molecule has 0 fully saturated rings. The zero-order chi connectivity index (χ0) is 13.0. The molecule has 2 aromatic rings. The molecule has 1 aromatic heterocycles. The molecular formula is C13H14N2O3. The first-order valence-corrected chi connectivity index (χ1v) is 5.47. The van der Waals surface area contributed by atoms with E-state index in [0.29, 0.717) is 23.7 Å². The van der Waals surface area contributed by atoms with Crippen molar-refractivity contribution in [1.82, 2.24) is 9.78 Å². The summed E-state index contributed by atoms with van der Waals surface area (Å²) in [6.45, 7) is 0.333. The molecule has 0 aliphatic heterocycles. The molecule has 0 aliphatic carbocycles. The van der Waals surface area contributed by atoms with Crippen molar-refractivity contribution >= 4 is 6.29 Å². The molecule has 94 valence electrons. The summed E-state index contributed by atoms with van der Waals surface area (Å²) >= 11 is 0. The smallest absolute Gasteiger partial charge is 0.162 e. The Morgan fingerprint density at radius 1 is 1.33 bits per heavy atom. The molecular weight excluding hydrogens is 232 g/mol. The molecule has 0 radical (unpaired) electrons. The number of aldehydes is 1. The van der Waals surface area contributed by atoms with Crippen LogP contribution in [0.1, 0.15) is 16.1 Å². The van der Waals surface area contributed by atoms with E-state index in [0.717, 1.165) is 12.0 Å². The average Bonchev–Trinajstić information content (AvgIpc) is 2.81. The third-order valence-electron chi connectivity index (χ3n) is 2.47. The van der Waals surface area contributed by atoms with E-state index in [4.69, 9.17) is 9.47 Å². The fraction of sp³-hybridized carbons (Fsp3) is 0.231. The van der Waals surface area contributed by atoms with Gasteiger partial charge in [0.2, 0.25) is 0 Å². The van der Waals surface area contributed by atoms with Crippen molar-refractivity contribution in [2.75, 3.05) is 7.11 Å². The number of hydrogen-bond donors (Lipinski definition) is 0. The van der Waals surface area contributed by atoms with Gasteiger partial charge in [0.05, 0.1) is 12.8 Å². The largest absolute Gasteiger partial charge is 0.493 e. The zero-order valence-electron chi connectivity index (χ0n) is 10.3. The van der Waals surface area contributed by atoms with Gasteiger partial charge in [-0.25, -0.2) is 0 Å². The van der Waals surface area contributed by atoms with Crippen LogP contribution >= 0.6 is 0 Å². The quantitative estimate of drug-likeness (QED) is 0.755. The van der Waals surface area contributed by atoms with Gasteiger partial charge in [0.25, 0.3) is 0 Å². The summed E-state index contributed by atoms with van der Waals surface area (Å²) < 4.78 is 12.5. The maximum absolute atomic E-state index is 10.7. The van der Waals surface area contributed by atoms with Crippen molar-refractivity contribution in [2.45, 2.75) is 6.61 Å². The van der Waals surface area contributed by atoms with Crippen molar-refractivity contribution in [3.05, 3.63) is 41.7 Å². The van der Waals surface area contributed by atoms with Crippen LogP contribution in [0, 0.1) is 0 Å². The molecule has 0 amide bonds. The Morgan fingerprint density at radius 3 is 2.78 bits per heavy atom. The molecule has 18 heavy (non-hydrogen) atoms. The SMILES string of the molecule is COc1ccc(C=O)cc1OCc1ccn(C)n1. The summed E-state index contributed by atoms with van der Waals surface area (Å²) in [6, 6.07) is 6.90. The van der Waals surface area contributed by atoms with E-state index in [-0.39, 0.29) is 0 Å². The number of benzene rings is 1. The van der Waals surface area contributed by atoms with Crippen LogP contribution in [-0.2, 0) is 13.7 Å². The Labute approximate surface area is 105 Å². The van der Waals surface area contributed by atoms with Crippen molar-refractivity contribution in [3.63, 3.8) is 0 Å². The molecule has 0 N–H and O–H groups in total. The van der Waals surface area contributed by atoms with Crippen LogP contribution < -0.4 is 9.47 Å². The van der Waals surface area contributed by atoms with Gasteiger partial charge >= 0.3 is 0 Å². The number of nitrogens with zero attached hydrogens (tertiary/aromatic N) is 2. The third kappa shape index (κ3) is 2.68. The molecule has 0 aliphatic rings. The molecule has 5 nitrogen and oxygen atoms in total. The highest BCUT2D eigenvalue weighted by molar-refractivity contribution is 5.76. The van der Waals surface area contributed by atoms with Crippen LogP contribution in [0.4, 0.5) is 0 Å². The predicted molar refractivity (Wildman–Crippen MR) is 65.9 cm³/mol. The Kier molecular flexibility index (Phi) is 3.62. The van der Waals surface area contributed by atoms with Gasteiger partial charge in [0, 0.05) is 18.8 Å². The van der Waals surface area contributed by atoms with Crippen LogP contribution in [0.5, 0.6) is 11.5 Å². The van der Waals surface area contributed by atoms with Crippen molar-refractivity contribution in [3.8, 4) is 11.5 Å². The molecule has 0 atom stereocenters. The minimum Gasteiger partial charge on any atom is -0.493 e.